The largest absolute Gasteiger partial charge is 0.495 e. The number of amides is 3. The molecule has 0 atom stereocenters. The van der Waals surface area contributed by atoms with Gasteiger partial charge in [-0.3, -0.25) is 24.9 Å². The number of methoxy groups -OCH3 is 2. The first-order valence-electron chi connectivity index (χ1n) is 16.2. The molecular formula is C36H37Cl2N7O5. The molecule has 3 amide bonds. The van der Waals surface area contributed by atoms with Gasteiger partial charge in [0.2, 0.25) is 5.91 Å². The van der Waals surface area contributed by atoms with Crippen LogP contribution in [-0.4, -0.2) is 86.8 Å². The summed E-state index contributed by atoms with van der Waals surface area (Å²) < 4.78 is 17.2. The molecule has 2 saturated heterocycles. The molecule has 0 aliphatic carbocycles. The molecule has 260 valence electrons. The van der Waals surface area contributed by atoms with E-state index in [0.717, 1.165) is 56.9 Å². The SMILES string of the molecule is COc1cc(Nc2c(C#N)cnc3cc(OCCCN4CCN(Cc5cccc(N6CCC(=O)NC6=O)c5)CC4)c(OC)cc23)c(Cl)cc1Cl. The number of urea groups is 1. The summed E-state index contributed by atoms with van der Waals surface area (Å²) in [5.41, 5.74) is 3.93. The van der Waals surface area contributed by atoms with Gasteiger partial charge in [-0.25, -0.2) is 4.79 Å². The van der Waals surface area contributed by atoms with E-state index in [-0.39, 0.29) is 11.9 Å². The van der Waals surface area contributed by atoms with E-state index in [2.05, 4.69) is 37.6 Å². The van der Waals surface area contributed by atoms with E-state index in [1.54, 1.807) is 30.2 Å². The molecule has 12 nitrogen and oxygen atoms in total. The van der Waals surface area contributed by atoms with Crippen molar-refractivity contribution >= 4 is 63.1 Å². The van der Waals surface area contributed by atoms with E-state index < -0.39 is 0 Å². The summed E-state index contributed by atoms with van der Waals surface area (Å²) in [6.45, 7) is 6.33. The van der Waals surface area contributed by atoms with Crippen molar-refractivity contribution < 1.29 is 23.8 Å². The highest BCUT2D eigenvalue weighted by molar-refractivity contribution is 6.37. The van der Waals surface area contributed by atoms with Crippen molar-refractivity contribution in [2.45, 2.75) is 19.4 Å². The second kappa shape index (κ2) is 15.8. The summed E-state index contributed by atoms with van der Waals surface area (Å²) in [4.78, 5) is 34.8. The van der Waals surface area contributed by atoms with Crippen LogP contribution in [0, 0.1) is 11.3 Å². The van der Waals surface area contributed by atoms with Crippen molar-refractivity contribution in [1.82, 2.24) is 20.1 Å². The van der Waals surface area contributed by atoms with Crippen molar-refractivity contribution in [3.8, 4) is 23.3 Å². The van der Waals surface area contributed by atoms with E-state index in [0.29, 0.717) is 74.7 Å². The summed E-state index contributed by atoms with van der Waals surface area (Å²) >= 11 is 12.7. The molecule has 6 rings (SSSR count). The smallest absolute Gasteiger partial charge is 0.328 e. The first kappa shape index (κ1) is 35.0. The Balaban J connectivity index is 1.03. The number of benzene rings is 3. The molecule has 0 spiro atoms. The average Bonchev–Trinajstić information content (AvgIpc) is 3.11. The lowest BCUT2D eigenvalue weighted by Crippen LogP contribution is -2.49. The molecular weight excluding hydrogens is 681 g/mol. The maximum Gasteiger partial charge on any atom is 0.328 e. The molecule has 2 aliphatic rings. The number of pyridine rings is 1. The van der Waals surface area contributed by atoms with Crippen LogP contribution in [0.15, 0.2) is 54.7 Å². The molecule has 2 aliphatic heterocycles. The van der Waals surface area contributed by atoms with Gasteiger partial charge in [-0.1, -0.05) is 35.3 Å². The number of aromatic nitrogens is 1. The van der Waals surface area contributed by atoms with Crippen molar-refractivity contribution in [1.29, 1.82) is 5.26 Å². The number of nitrogens with zero attached hydrogens (tertiary/aromatic N) is 5. The van der Waals surface area contributed by atoms with Crippen molar-refractivity contribution in [3.05, 3.63) is 75.9 Å². The van der Waals surface area contributed by atoms with Crippen LogP contribution in [0.25, 0.3) is 10.9 Å². The van der Waals surface area contributed by atoms with Crippen LogP contribution >= 0.6 is 23.2 Å². The molecule has 2 N–H and O–H groups in total. The predicted octanol–water partition coefficient (Wildman–Crippen LogP) is 6.21. The van der Waals surface area contributed by atoms with Crippen molar-refractivity contribution in [2.24, 2.45) is 0 Å². The lowest BCUT2D eigenvalue weighted by atomic mass is 10.1. The van der Waals surface area contributed by atoms with E-state index >= 15 is 0 Å². The van der Waals surface area contributed by atoms with Gasteiger partial charge in [-0.2, -0.15) is 5.26 Å². The van der Waals surface area contributed by atoms with E-state index in [9.17, 15) is 14.9 Å². The number of anilines is 3. The fourth-order valence-corrected chi connectivity index (χ4v) is 6.65. The molecule has 0 unspecified atom stereocenters. The summed E-state index contributed by atoms with van der Waals surface area (Å²) in [5, 5.41) is 16.9. The Hall–Kier alpha value is -4.80. The summed E-state index contributed by atoms with van der Waals surface area (Å²) in [6.07, 6.45) is 2.64. The maximum absolute atomic E-state index is 12.3. The monoisotopic (exact) mass is 717 g/mol. The van der Waals surface area contributed by atoms with Gasteiger partial charge in [-0.15, -0.1) is 0 Å². The summed E-state index contributed by atoms with van der Waals surface area (Å²) in [7, 11) is 3.09. The van der Waals surface area contributed by atoms with Crippen LogP contribution in [0.5, 0.6) is 17.2 Å². The zero-order valence-electron chi connectivity index (χ0n) is 27.8. The van der Waals surface area contributed by atoms with Crippen LogP contribution in [0.3, 0.4) is 0 Å². The van der Waals surface area contributed by atoms with E-state index in [4.69, 9.17) is 37.4 Å². The quantitative estimate of drug-likeness (QED) is 0.163. The number of hydrogen-bond donors (Lipinski definition) is 2. The molecule has 0 saturated carbocycles. The maximum atomic E-state index is 12.3. The van der Waals surface area contributed by atoms with E-state index in [1.807, 2.05) is 24.3 Å². The third-order valence-corrected chi connectivity index (χ3v) is 9.41. The molecule has 1 aromatic heterocycles. The highest BCUT2D eigenvalue weighted by Gasteiger charge is 2.25. The van der Waals surface area contributed by atoms with Crippen LogP contribution in [0.1, 0.15) is 24.0 Å². The van der Waals surface area contributed by atoms with Crippen LogP contribution in [0.4, 0.5) is 21.9 Å². The van der Waals surface area contributed by atoms with Gasteiger partial charge in [0.05, 0.1) is 53.3 Å². The normalized spacial score (nSPS) is 15.5. The van der Waals surface area contributed by atoms with Crippen LogP contribution in [-0.2, 0) is 11.3 Å². The first-order chi connectivity index (χ1) is 24.3. The number of nitriles is 1. The molecule has 50 heavy (non-hydrogen) atoms. The van der Waals surface area contributed by atoms with Gasteiger partial charge in [0.1, 0.15) is 11.8 Å². The number of imide groups is 1. The number of fused-ring (bicyclic) bond motifs is 1. The minimum absolute atomic E-state index is 0.236. The lowest BCUT2D eigenvalue weighted by molar-refractivity contribution is -0.120. The number of hydrogen-bond acceptors (Lipinski definition) is 10. The van der Waals surface area contributed by atoms with Crippen molar-refractivity contribution in [2.75, 3.05) is 70.3 Å². The number of nitrogens with one attached hydrogen (secondary N) is 2. The molecule has 4 aromatic rings. The van der Waals surface area contributed by atoms with Crippen LogP contribution in [0.2, 0.25) is 10.0 Å². The van der Waals surface area contributed by atoms with Gasteiger partial charge in [0.15, 0.2) is 11.5 Å². The lowest BCUT2D eigenvalue weighted by Gasteiger charge is -2.35. The van der Waals surface area contributed by atoms with Gasteiger partial charge in [-0.05, 0) is 36.2 Å². The number of piperazine rings is 1. The Kier molecular flexibility index (Phi) is 11.1. The minimum Gasteiger partial charge on any atom is -0.495 e. The number of carbonyl (C=O) groups is 2. The number of rotatable bonds is 12. The highest BCUT2D eigenvalue weighted by Crippen LogP contribution is 2.40. The Morgan fingerprint density at radius 2 is 1.72 bits per heavy atom. The molecule has 14 heteroatoms. The second-order valence-corrected chi connectivity index (χ2v) is 12.8. The Morgan fingerprint density at radius 1 is 0.940 bits per heavy atom. The number of halogens is 2. The Labute approximate surface area is 300 Å². The van der Waals surface area contributed by atoms with Crippen molar-refractivity contribution in [3.63, 3.8) is 0 Å². The van der Waals surface area contributed by atoms with Gasteiger partial charge in [0.25, 0.3) is 0 Å². The van der Waals surface area contributed by atoms with Crippen LogP contribution < -0.4 is 29.7 Å². The second-order valence-electron chi connectivity index (χ2n) is 12.0. The molecule has 0 bridgehead atoms. The summed E-state index contributed by atoms with van der Waals surface area (Å²) in [6, 6.07) is 16.7. The van der Waals surface area contributed by atoms with E-state index in [1.165, 1.54) is 13.3 Å². The van der Waals surface area contributed by atoms with Gasteiger partial charge >= 0.3 is 6.03 Å². The predicted molar refractivity (Wildman–Crippen MR) is 193 cm³/mol. The summed E-state index contributed by atoms with van der Waals surface area (Å²) in [5.74, 6) is 1.29. The van der Waals surface area contributed by atoms with Gasteiger partial charge in [0, 0.05) is 81.6 Å². The topological polar surface area (TPSA) is 132 Å². The molecule has 3 heterocycles. The Bertz CT molecular complexity index is 1940. The fourth-order valence-electron chi connectivity index (χ4n) is 6.14. The zero-order chi connectivity index (χ0) is 35.2. The zero-order valence-corrected chi connectivity index (χ0v) is 29.3. The van der Waals surface area contributed by atoms with Gasteiger partial charge < -0.3 is 24.4 Å². The molecule has 0 radical (unpaired) electrons. The number of ether oxygens (including phenoxy) is 3. The Morgan fingerprint density at radius 3 is 2.46 bits per heavy atom. The minimum atomic E-state index is -0.370. The molecule has 3 aromatic carbocycles. The fraction of sp³-hybridized carbons (Fsp3) is 0.333. The standard InChI is InChI=1S/C36H37Cl2N7O5/c1-48-31-19-30(27(37)17-28(31)38)41-35-24(20-39)21-40-29-18-33(32(49-2)16-26(29)35)50-14-4-8-43-10-12-44(13-11-43)22-23-5-3-6-25(15-23)45-9-7-34(46)42-36(45)47/h3,5-6,15-19,21H,4,7-14,22H2,1-2H3,(H,40,41)(H,42,46,47). The third-order valence-electron chi connectivity index (χ3n) is 8.80. The average molecular weight is 719 g/mol. The first-order valence-corrected chi connectivity index (χ1v) is 17.0. The number of carbonyl (C=O) groups excluding carboxylic acids is 2. The third kappa shape index (κ3) is 7.98. The molecule has 2 fully saturated rings. The highest BCUT2D eigenvalue weighted by atomic mass is 35.5.